The highest BCUT2D eigenvalue weighted by atomic mass is 19.1. The van der Waals surface area contributed by atoms with E-state index in [2.05, 4.69) is 5.10 Å². The fraction of sp³-hybridized carbons (Fsp3) is 0.154. The lowest BCUT2D eigenvalue weighted by atomic mass is 10.1. The Kier molecular flexibility index (Phi) is 2.16. The summed E-state index contributed by atoms with van der Waals surface area (Å²) in [4.78, 5) is 0. The molecule has 2 N–H and O–H groups in total. The van der Waals surface area contributed by atoms with Gasteiger partial charge in [-0.15, -0.1) is 0 Å². The summed E-state index contributed by atoms with van der Waals surface area (Å²) in [7, 11) is 3.66. The van der Waals surface area contributed by atoms with Crippen molar-refractivity contribution < 1.29 is 4.39 Å². The molecule has 18 heavy (non-hydrogen) atoms. The number of hydrogen-bond acceptors (Lipinski definition) is 2. The molecule has 1 aromatic carbocycles. The van der Waals surface area contributed by atoms with Crippen LogP contribution in [0.5, 0.6) is 0 Å². The van der Waals surface area contributed by atoms with Crippen molar-refractivity contribution in [1.82, 2.24) is 14.3 Å². The summed E-state index contributed by atoms with van der Waals surface area (Å²) in [6.07, 6.45) is 1.90. The molecular weight excluding hydrogens is 231 g/mol. The van der Waals surface area contributed by atoms with Gasteiger partial charge in [-0.25, -0.2) is 4.39 Å². The number of halogens is 1. The van der Waals surface area contributed by atoms with Crippen LogP contribution in [0.25, 0.3) is 22.2 Å². The molecule has 5 heteroatoms. The second kappa shape index (κ2) is 3.60. The Morgan fingerprint density at radius 3 is 2.67 bits per heavy atom. The first-order valence-corrected chi connectivity index (χ1v) is 5.61. The quantitative estimate of drug-likeness (QED) is 0.714. The van der Waals surface area contributed by atoms with E-state index in [1.807, 2.05) is 23.9 Å². The van der Waals surface area contributed by atoms with E-state index in [1.165, 1.54) is 10.7 Å². The Bertz CT molecular complexity index is 719. The average Bonchev–Trinajstić information content (AvgIpc) is 2.83. The topological polar surface area (TPSA) is 48.8 Å². The first kappa shape index (κ1) is 10.8. The molecule has 3 rings (SSSR count). The number of aromatic nitrogens is 3. The third kappa shape index (κ3) is 1.48. The van der Waals surface area contributed by atoms with E-state index in [0.717, 1.165) is 10.9 Å². The van der Waals surface area contributed by atoms with Crippen molar-refractivity contribution in [3.63, 3.8) is 0 Å². The molecule has 0 aliphatic heterocycles. The van der Waals surface area contributed by atoms with Gasteiger partial charge < -0.3 is 10.3 Å². The second-order valence-corrected chi connectivity index (χ2v) is 4.40. The van der Waals surface area contributed by atoms with Gasteiger partial charge in [-0.3, -0.25) is 4.68 Å². The Labute approximate surface area is 103 Å². The zero-order valence-corrected chi connectivity index (χ0v) is 10.2. The van der Waals surface area contributed by atoms with Crippen molar-refractivity contribution >= 4 is 16.7 Å². The molecule has 4 nitrogen and oxygen atoms in total. The van der Waals surface area contributed by atoms with Crippen molar-refractivity contribution in [3.8, 4) is 11.3 Å². The first-order chi connectivity index (χ1) is 8.56. The minimum Gasteiger partial charge on any atom is -0.384 e. The summed E-state index contributed by atoms with van der Waals surface area (Å²) in [5.74, 6) is 0.225. The molecule has 0 unspecified atom stereocenters. The maximum Gasteiger partial charge on any atom is 0.133 e. The van der Waals surface area contributed by atoms with E-state index in [4.69, 9.17) is 5.73 Å². The van der Waals surface area contributed by atoms with Crippen LogP contribution in [-0.2, 0) is 14.1 Å². The third-order valence-corrected chi connectivity index (χ3v) is 3.17. The number of anilines is 1. The fourth-order valence-electron chi connectivity index (χ4n) is 2.10. The molecule has 0 aliphatic carbocycles. The molecule has 2 heterocycles. The van der Waals surface area contributed by atoms with E-state index < -0.39 is 0 Å². The number of nitrogens with two attached hydrogens (primary N) is 1. The van der Waals surface area contributed by atoms with Gasteiger partial charge in [0.05, 0.1) is 5.69 Å². The number of nitrogens with zero attached hydrogens (tertiary/aromatic N) is 3. The molecule has 0 spiro atoms. The Morgan fingerprint density at radius 2 is 2.00 bits per heavy atom. The van der Waals surface area contributed by atoms with Crippen LogP contribution in [0.15, 0.2) is 30.5 Å². The average molecular weight is 244 g/mol. The van der Waals surface area contributed by atoms with Gasteiger partial charge in [-0.1, -0.05) is 0 Å². The number of rotatable bonds is 1. The van der Waals surface area contributed by atoms with Gasteiger partial charge in [0.2, 0.25) is 0 Å². The van der Waals surface area contributed by atoms with Crippen LogP contribution < -0.4 is 5.73 Å². The molecule has 0 saturated carbocycles. The van der Waals surface area contributed by atoms with Crippen LogP contribution in [0, 0.1) is 5.82 Å². The molecule has 3 aromatic rings. The smallest absolute Gasteiger partial charge is 0.133 e. The Hall–Kier alpha value is -2.30. The van der Waals surface area contributed by atoms with Gasteiger partial charge in [0.15, 0.2) is 0 Å². The minimum absolute atomic E-state index is 0.285. The molecule has 2 aromatic heterocycles. The van der Waals surface area contributed by atoms with Crippen molar-refractivity contribution in [2.75, 3.05) is 5.73 Å². The van der Waals surface area contributed by atoms with Gasteiger partial charge in [0, 0.05) is 42.8 Å². The summed E-state index contributed by atoms with van der Waals surface area (Å²) < 4.78 is 17.5. The summed E-state index contributed by atoms with van der Waals surface area (Å²) >= 11 is 0. The zero-order chi connectivity index (χ0) is 12.9. The van der Waals surface area contributed by atoms with Crippen LogP contribution in [0.3, 0.4) is 0 Å². The summed E-state index contributed by atoms with van der Waals surface area (Å²) in [6.45, 7) is 0. The first-order valence-electron chi connectivity index (χ1n) is 5.61. The fourth-order valence-corrected chi connectivity index (χ4v) is 2.10. The largest absolute Gasteiger partial charge is 0.384 e. The second-order valence-electron chi connectivity index (χ2n) is 4.40. The van der Waals surface area contributed by atoms with Crippen LogP contribution >= 0.6 is 0 Å². The summed E-state index contributed by atoms with van der Waals surface area (Å²) in [6, 6.07) is 6.88. The summed E-state index contributed by atoms with van der Waals surface area (Å²) in [5, 5.41) is 5.08. The predicted molar refractivity (Wildman–Crippen MR) is 69.5 cm³/mol. The molecule has 92 valence electrons. The van der Waals surface area contributed by atoms with Gasteiger partial charge >= 0.3 is 0 Å². The molecular formula is C13H13FN4. The van der Waals surface area contributed by atoms with Crippen molar-refractivity contribution in [2.45, 2.75) is 0 Å². The van der Waals surface area contributed by atoms with E-state index in [0.29, 0.717) is 17.1 Å². The molecule has 0 bridgehead atoms. The van der Waals surface area contributed by atoms with Crippen LogP contribution in [0.4, 0.5) is 10.2 Å². The van der Waals surface area contributed by atoms with E-state index in [-0.39, 0.29) is 5.82 Å². The zero-order valence-electron chi connectivity index (χ0n) is 10.2. The number of nitrogen functional groups attached to an aromatic ring is 1. The highest BCUT2D eigenvalue weighted by Gasteiger charge is 2.12. The van der Waals surface area contributed by atoms with E-state index in [1.54, 1.807) is 19.2 Å². The lowest BCUT2D eigenvalue weighted by molar-refractivity contribution is 0.631. The monoisotopic (exact) mass is 244 g/mol. The minimum atomic E-state index is -0.285. The molecule has 0 saturated heterocycles. The van der Waals surface area contributed by atoms with Gasteiger partial charge in [0.25, 0.3) is 0 Å². The molecule has 0 fully saturated rings. The molecule has 0 amide bonds. The SMILES string of the molecule is Cn1nc(-c2cc3c(ccn3C)cc2F)cc1N. The van der Waals surface area contributed by atoms with Gasteiger partial charge in [-0.2, -0.15) is 5.10 Å². The van der Waals surface area contributed by atoms with Crippen molar-refractivity contribution in [1.29, 1.82) is 0 Å². The van der Waals surface area contributed by atoms with E-state index in [9.17, 15) is 4.39 Å². The highest BCUT2D eigenvalue weighted by molar-refractivity contribution is 5.85. The van der Waals surface area contributed by atoms with Crippen molar-refractivity contribution in [2.24, 2.45) is 14.1 Å². The summed E-state index contributed by atoms with van der Waals surface area (Å²) in [5.41, 5.74) is 7.71. The molecule has 0 atom stereocenters. The number of fused-ring (bicyclic) bond motifs is 1. The van der Waals surface area contributed by atoms with Crippen LogP contribution in [0.2, 0.25) is 0 Å². The lowest BCUT2D eigenvalue weighted by Gasteiger charge is -2.02. The molecule has 0 aliphatic rings. The van der Waals surface area contributed by atoms with Gasteiger partial charge in [0.1, 0.15) is 11.6 Å². The Balaban J connectivity index is 2.27. The highest BCUT2D eigenvalue weighted by Crippen LogP contribution is 2.28. The number of benzene rings is 1. The standard InChI is InChI=1S/C13H13FN4/c1-17-4-3-8-5-10(14)9(6-12(8)17)11-7-13(15)18(2)16-11/h3-7H,15H2,1-2H3. The number of hydrogen-bond donors (Lipinski definition) is 1. The lowest BCUT2D eigenvalue weighted by Crippen LogP contribution is -1.96. The van der Waals surface area contributed by atoms with Crippen LogP contribution in [-0.4, -0.2) is 14.3 Å². The number of aryl methyl sites for hydroxylation is 2. The normalized spacial score (nSPS) is 11.3. The Morgan fingerprint density at radius 1 is 1.22 bits per heavy atom. The third-order valence-electron chi connectivity index (χ3n) is 3.17. The predicted octanol–water partition coefficient (Wildman–Crippen LogP) is 2.30. The van der Waals surface area contributed by atoms with Gasteiger partial charge in [-0.05, 0) is 18.2 Å². The van der Waals surface area contributed by atoms with E-state index >= 15 is 0 Å². The maximum atomic E-state index is 14.1. The maximum absolute atomic E-state index is 14.1. The van der Waals surface area contributed by atoms with Crippen molar-refractivity contribution in [3.05, 3.63) is 36.3 Å². The molecule has 0 radical (unpaired) electrons. The van der Waals surface area contributed by atoms with Crippen LogP contribution in [0.1, 0.15) is 0 Å².